The predicted octanol–water partition coefficient (Wildman–Crippen LogP) is 8.19. The van der Waals surface area contributed by atoms with Crippen LogP contribution in [0.2, 0.25) is 5.28 Å². The first-order chi connectivity index (χ1) is 34.3. The number of nitrogens with zero attached hydrogens (tertiary/aromatic N) is 12. The molecule has 0 bridgehead atoms. The third-order valence-corrected chi connectivity index (χ3v) is 12.0. The van der Waals surface area contributed by atoms with Gasteiger partial charge >= 0.3 is 0 Å². The lowest BCUT2D eigenvalue weighted by Gasteiger charge is -2.35. The van der Waals surface area contributed by atoms with Crippen molar-refractivity contribution in [2.75, 3.05) is 76.6 Å². The molecule has 71 heavy (non-hydrogen) atoms. The molecule has 20 nitrogen and oxygen atoms in total. The largest absolute Gasteiger partial charge is 0.497 e. The van der Waals surface area contributed by atoms with Crippen molar-refractivity contribution in [2.45, 2.75) is 39.8 Å². The van der Waals surface area contributed by atoms with Crippen molar-refractivity contribution in [2.24, 2.45) is 0 Å². The SMILES string of the molecule is COc1cc(N)cnc1-n1cnc(C)c1.COc1ccc(C2COc3cnc(Cl)nc3N2C)c(C)c1.COc1ccc(C2COc3cnc(Nc4cnc(-n5cnc(C)c5)c(OC)c4)nc3N2C)c(C)c1. The van der Waals surface area contributed by atoms with Gasteiger partial charge in [-0.3, -0.25) is 9.13 Å². The molecule has 2 atom stereocenters. The van der Waals surface area contributed by atoms with Gasteiger partial charge in [0.05, 0.1) is 88.1 Å². The number of benzene rings is 2. The third kappa shape index (κ3) is 10.9. The summed E-state index contributed by atoms with van der Waals surface area (Å²) in [6.45, 7) is 9.02. The van der Waals surface area contributed by atoms with Crippen molar-refractivity contribution in [3.8, 4) is 46.1 Å². The minimum absolute atomic E-state index is 0.0100. The van der Waals surface area contributed by atoms with E-state index < -0.39 is 0 Å². The number of hydrogen-bond acceptors (Lipinski definition) is 18. The molecule has 2 aromatic carbocycles. The molecule has 0 amide bonds. The van der Waals surface area contributed by atoms with Crippen molar-refractivity contribution >= 4 is 40.6 Å². The number of aryl methyl sites for hydroxylation is 4. The van der Waals surface area contributed by atoms with Gasteiger partial charge in [0.2, 0.25) is 11.2 Å². The Balaban J connectivity index is 0.000000159. The van der Waals surface area contributed by atoms with Gasteiger partial charge in [0, 0.05) is 38.6 Å². The summed E-state index contributed by atoms with van der Waals surface area (Å²) in [4.78, 5) is 38.7. The van der Waals surface area contributed by atoms with E-state index >= 15 is 0 Å². The summed E-state index contributed by atoms with van der Waals surface area (Å²) in [6.07, 6.45) is 13.8. The second-order valence-corrected chi connectivity index (χ2v) is 16.9. The van der Waals surface area contributed by atoms with Crippen molar-refractivity contribution in [3.63, 3.8) is 0 Å². The Bertz CT molecular complexity index is 3150. The zero-order valence-corrected chi connectivity index (χ0v) is 41.8. The maximum atomic E-state index is 6.01. The molecule has 8 heterocycles. The van der Waals surface area contributed by atoms with E-state index in [1.54, 1.807) is 76.5 Å². The summed E-state index contributed by atoms with van der Waals surface area (Å²) in [5, 5.41) is 3.44. The fraction of sp³-hybridized carbons (Fsp3) is 0.280. The molecule has 2 unspecified atom stereocenters. The molecule has 21 heteroatoms. The number of aromatic nitrogens is 10. The predicted molar refractivity (Wildman–Crippen MR) is 271 cm³/mol. The summed E-state index contributed by atoms with van der Waals surface area (Å²) in [6, 6.07) is 15.8. The molecular formula is C50H55ClN14O6. The van der Waals surface area contributed by atoms with Crippen molar-refractivity contribution in [1.29, 1.82) is 0 Å². The van der Waals surface area contributed by atoms with Crippen molar-refractivity contribution < 1.29 is 28.4 Å². The lowest BCUT2D eigenvalue weighted by atomic mass is 9.99. The van der Waals surface area contributed by atoms with Gasteiger partial charge in [-0.25, -0.2) is 29.9 Å². The number of rotatable bonds is 10. The minimum atomic E-state index is 0.0100. The van der Waals surface area contributed by atoms with Gasteiger partial charge in [0.15, 0.2) is 46.3 Å². The number of halogens is 1. The molecular weight excluding hydrogens is 928 g/mol. The molecule has 10 rings (SSSR count). The number of fused-ring (bicyclic) bond motifs is 2. The van der Waals surface area contributed by atoms with Crippen LogP contribution in [0.5, 0.6) is 34.5 Å². The zero-order valence-electron chi connectivity index (χ0n) is 41.1. The van der Waals surface area contributed by atoms with E-state index in [0.29, 0.717) is 76.8 Å². The molecule has 2 aliphatic rings. The number of imidazole rings is 2. The third-order valence-electron chi connectivity index (χ3n) is 11.8. The first-order valence-electron chi connectivity index (χ1n) is 22.3. The van der Waals surface area contributed by atoms with Gasteiger partial charge in [0.1, 0.15) is 37.4 Å². The summed E-state index contributed by atoms with van der Waals surface area (Å²) >= 11 is 5.89. The number of likely N-dealkylation sites (N-methyl/N-ethyl adjacent to an activating group) is 2. The Morgan fingerprint density at radius 1 is 0.592 bits per heavy atom. The standard InChI is InChI=1S/C25H27N7O3.C15H16ClN3O2.C10H12N4O/c1-15-8-18(33-4)6-7-19(15)20-13-35-22-11-27-25(30-24(22)31(20)3)29-17-9-21(34-5)23(26-10-17)32-12-16(2)28-14-32;1-9-6-10(20-3)4-5-11(9)12-8-21-13-7-17-15(16)18-14(13)19(12)2;1-7-5-14(6-13-7)10-9(15-2)3-8(11)4-12-10/h6-12,14,20H,13H2,1-5H3,(H,27,29,30);4-7,12H,8H2,1-3H3;3-6H,11H2,1-2H3. The average Bonchev–Trinajstić information content (AvgIpc) is 4.02. The molecule has 368 valence electrons. The molecule has 6 aromatic heterocycles. The lowest BCUT2D eigenvalue weighted by molar-refractivity contribution is 0.264. The summed E-state index contributed by atoms with van der Waals surface area (Å²) < 4.78 is 36.8. The molecule has 0 saturated heterocycles. The highest BCUT2D eigenvalue weighted by molar-refractivity contribution is 6.28. The number of pyridine rings is 2. The minimum Gasteiger partial charge on any atom is -0.497 e. The van der Waals surface area contributed by atoms with Gasteiger partial charge < -0.3 is 49.3 Å². The van der Waals surface area contributed by atoms with E-state index in [9.17, 15) is 0 Å². The van der Waals surface area contributed by atoms with Crippen LogP contribution in [0.15, 0.2) is 98.4 Å². The summed E-state index contributed by atoms with van der Waals surface area (Å²) in [5.41, 5.74) is 13.3. The van der Waals surface area contributed by atoms with Crippen molar-refractivity contribution in [1.82, 2.24) is 49.0 Å². The average molecular weight is 984 g/mol. The van der Waals surface area contributed by atoms with E-state index in [0.717, 1.165) is 39.6 Å². The van der Waals surface area contributed by atoms with E-state index in [-0.39, 0.29) is 17.4 Å². The quantitative estimate of drug-likeness (QED) is 0.124. The number of anilines is 5. The van der Waals surface area contributed by atoms with E-state index in [1.165, 1.54) is 5.56 Å². The Hall–Kier alpha value is -8.39. The van der Waals surface area contributed by atoms with Crippen LogP contribution in [0.4, 0.5) is 29.0 Å². The topological polar surface area (TPSA) is 213 Å². The molecule has 0 aliphatic carbocycles. The lowest BCUT2D eigenvalue weighted by Crippen LogP contribution is -2.34. The summed E-state index contributed by atoms with van der Waals surface area (Å²) in [7, 11) is 10.5. The smallest absolute Gasteiger partial charge is 0.229 e. The first kappa shape index (κ1) is 49.0. The van der Waals surface area contributed by atoms with Crippen LogP contribution in [0.3, 0.4) is 0 Å². The van der Waals surface area contributed by atoms with E-state index in [1.807, 2.05) is 75.2 Å². The number of nitrogen functional groups attached to an aromatic ring is 1. The van der Waals surface area contributed by atoms with Crippen molar-refractivity contribution in [3.05, 3.63) is 137 Å². The molecule has 0 fully saturated rings. The van der Waals surface area contributed by atoms with Crippen LogP contribution in [0.1, 0.15) is 45.7 Å². The summed E-state index contributed by atoms with van der Waals surface area (Å²) in [5.74, 6) is 7.39. The number of nitrogens with one attached hydrogen (secondary N) is 1. The van der Waals surface area contributed by atoms with Crippen LogP contribution in [0.25, 0.3) is 11.6 Å². The zero-order chi connectivity index (χ0) is 50.3. The van der Waals surface area contributed by atoms with Gasteiger partial charge in [-0.15, -0.1) is 0 Å². The Labute approximate surface area is 416 Å². The fourth-order valence-corrected chi connectivity index (χ4v) is 8.20. The van der Waals surface area contributed by atoms with Gasteiger partial charge in [-0.05, 0) is 85.8 Å². The van der Waals surface area contributed by atoms with Gasteiger partial charge in [-0.2, -0.15) is 9.97 Å². The number of methoxy groups -OCH3 is 4. The maximum absolute atomic E-state index is 6.01. The Kier molecular flexibility index (Phi) is 14.8. The second kappa shape index (κ2) is 21.5. The number of ether oxygens (including phenoxy) is 6. The molecule has 2 aliphatic heterocycles. The monoisotopic (exact) mass is 982 g/mol. The fourth-order valence-electron chi connectivity index (χ4n) is 8.07. The molecule has 0 radical (unpaired) electrons. The van der Waals surface area contributed by atoms with E-state index in [2.05, 4.69) is 76.0 Å². The molecule has 0 spiro atoms. The number of nitrogens with two attached hydrogens (primary N) is 1. The second-order valence-electron chi connectivity index (χ2n) is 16.5. The molecule has 8 aromatic rings. The van der Waals surface area contributed by atoms with E-state index in [4.69, 9.17) is 50.7 Å². The van der Waals surface area contributed by atoms with Crippen LogP contribution < -0.4 is 49.3 Å². The highest BCUT2D eigenvalue weighted by atomic mass is 35.5. The molecule has 3 N–H and O–H groups in total. The Morgan fingerprint density at radius 2 is 1.10 bits per heavy atom. The van der Waals surface area contributed by atoms with Crippen LogP contribution in [0, 0.1) is 27.7 Å². The van der Waals surface area contributed by atoms with Gasteiger partial charge in [0.25, 0.3) is 0 Å². The van der Waals surface area contributed by atoms with Gasteiger partial charge in [-0.1, -0.05) is 12.1 Å². The van der Waals surface area contributed by atoms with Crippen LogP contribution in [-0.4, -0.2) is 105 Å². The van der Waals surface area contributed by atoms with Crippen LogP contribution in [-0.2, 0) is 0 Å². The molecule has 0 saturated carbocycles. The highest BCUT2D eigenvalue weighted by Crippen LogP contribution is 2.40. The first-order valence-corrected chi connectivity index (χ1v) is 22.7. The number of hydrogen-bond donors (Lipinski definition) is 2. The Morgan fingerprint density at radius 3 is 1.59 bits per heavy atom. The highest BCUT2D eigenvalue weighted by Gasteiger charge is 2.31. The normalized spacial score (nSPS) is 14.5. The maximum Gasteiger partial charge on any atom is 0.229 e. The van der Waals surface area contributed by atoms with Crippen LogP contribution >= 0.6 is 11.6 Å².